The van der Waals surface area contributed by atoms with E-state index in [1.165, 1.54) is 30.3 Å². The van der Waals surface area contributed by atoms with Crippen LogP contribution in [0.3, 0.4) is 0 Å². The highest BCUT2D eigenvalue weighted by atomic mass is 32.2. The molecule has 0 bridgehead atoms. The van der Waals surface area contributed by atoms with E-state index in [4.69, 9.17) is 0 Å². The summed E-state index contributed by atoms with van der Waals surface area (Å²) < 4.78 is 13.4. The van der Waals surface area contributed by atoms with Crippen LogP contribution in [-0.4, -0.2) is 17.9 Å². The number of hydrogen-bond acceptors (Lipinski definition) is 3. The molecule has 2 amide bonds. The van der Waals surface area contributed by atoms with Gasteiger partial charge in [-0.3, -0.25) is 9.59 Å². The van der Waals surface area contributed by atoms with Crippen LogP contribution >= 0.6 is 11.8 Å². The average molecular weight is 515 g/mol. The van der Waals surface area contributed by atoms with E-state index in [1.807, 2.05) is 54.6 Å². The Morgan fingerprint density at radius 1 is 1.03 bits per heavy atom. The molecule has 4 nitrogen and oxygen atoms in total. The molecule has 3 aromatic rings. The van der Waals surface area contributed by atoms with E-state index in [0.29, 0.717) is 28.8 Å². The number of nitrogens with zero attached hydrogens (tertiary/aromatic N) is 1. The number of halogens is 1. The third-order valence-corrected chi connectivity index (χ3v) is 8.66. The predicted octanol–water partition coefficient (Wildman–Crippen LogP) is 7.06. The van der Waals surface area contributed by atoms with E-state index in [-0.39, 0.29) is 23.7 Å². The second-order valence-corrected chi connectivity index (χ2v) is 11.1. The number of rotatable bonds is 5. The van der Waals surface area contributed by atoms with Crippen LogP contribution in [0.1, 0.15) is 54.6 Å². The van der Waals surface area contributed by atoms with Gasteiger partial charge < -0.3 is 10.2 Å². The Hall–Kier alpha value is -3.38. The summed E-state index contributed by atoms with van der Waals surface area (Å²) in [6, 6.07) is 21.6. The largest absolute Gasteiger partial charge is 0.349 e. The number of amides is 2. The van der Waals surface area contributed by atoms with Gasteiger partial charge in [0.1, 0.15) is 5.82 Å². The summed E-state index contributed by atoms with van der Waals surface area (Å²) >= 11 is 1.44. The van der Waals surface area contributed by atoms with E-state index in [9.17, 15) is 14.0 Å². The van der Waals surface area contributed by atoms with Crippen LogP contribution in [0, 0.1) is 17.7 Å². The number of carbonyl (C=O) groups is 2. The lowest BCUT2D eigenvalue weighted by Gasteiger charge is -2.34. The molecule has 190 valence electrons. The van der Waals surface area contributed by atoms with Crippen molar-refractivity contribution in [3.63, 3.8) is 0 Å². The van der Waals surface area contributed by atoms with Crippen LogP contribution in [0.2, 0.25) is 0 Å². The van der Waals surface area contributed by atoms with Gasteiger partial charge in [-0.25, -0.2) is 4.39 Å². The van der Waals surface area contributed by atoms with Crippen LogP contribution in [0.25, 0.3) is 6.08 Å². The lowest BCUT2D eigenvalue weighted by molar-refractivity contribution is -0.114. The molecular weight excluding hydrogens is 483 g/mol. The zero-order chi connectivity index (χ0) is 25.9. The summed E-state index contributed by atoms with van der Waals surface area (Å²) in [7, 11) is 0. The molecule has 0 unspecified atom stereocenters. The quantitative estimate of drug-likeness (QED) is 0.371. The van der Waals surface area contributed by atoms with E-state index in [1.54, 1.807) is 17.0 Å². The number of nitrogens with one attached hydrogen (secondary N) is 1. The third-order valence-electron chi connectivity index (χ3n) is 7.58. The second kappa shape index (κ2) is 10.9. The van der Waals surface area contributed by atoms with Crippen molar-refractivity contribution in [3.05, 3.63) is 100 Å². The minimum absolute atomic E-state index is 0.0485. The van der Waals surface area contributed by atoms with Crippen molar-refractivity contribution < 1.29 is 14.0 Å². The number of carbonyl (C=O) groups excluding carboxylic acids is 2. The van der Waals surface area contributed by atoms with Gasteiger partial charge in [0.2, 0.25) is 0 Å². The number of hydrogen-bond donors (Lipinski definition) is 1. The number of para-hydroxylation sites is 1. The van der Waals surface area contributed by atoms with Crippen molar-refractivity contribution in [2.75, 3.05) is 4.90 Å². The second-order valence-electron chi connectivity index (χ2n) is 10.1. The summed E-state index contributed by atoms with van der Waals surface area (Å²) in [4.78, 5) is 29.7. The predicted molar refractivity (Wildman–Crippen MR) is 148 cm³/mol. The molecule has 1 aliphatic carbocycles. The number of fused-ring (bicyclic) bond motifs is 1. The molecule has 1 saturated carbocycles. The summed E-state index contributed by atoms with van der Waals surface area (Å²) in [5.74, 6) is 0.635. The smallest absolute Gasteiger partial charge is 0.265 e. The Labute approximate surface area is 222 Å². The first-order valence-corrected chi connectivity index (χ1v) is 13.7. The normalized spacial score (nSPS) is 22.6. The molecule has 0 saturated heterocycles. The van der Waals surface area contributed by atoms with Crippen molar-refractivity contribution in [2.45, 2.75) is 50.6 Å². The molecule has 5 rings (SSSR count). The third kappa shape index (κ3) is 5.64. The van der Waals surface area contributed by atoms with Crippen LogP contribution in [0.15, 0.2) is 82.6 Å². The van der Waals surface area contributed by atoms with E-state index in [2.05, 4.69) is 19.2 Å². The Kier molecular flexibility index (Phi) is 7.47. The number of benzene rings is 3. The van der Waals surface area contributed by atoms with Crippen molar-refractivity contribution in [1.82, 2.24) is 5.32 Å². The van der Waals surface area contributed by atoms with E-state index >= 15 is 0 Å². The minimum Gasteiger partial charge on any atom is -0.349 e. The van der Waals surface area contributed by atoms with Gasteiger partial charge in [0.15, 0.2) is 0 Å². The molecule has 37 heavy (non-hydrogen) atoms. The fourth-order valence-electron chi connectivity index (χ4n) is 5.11. The van der Waals surface area contributed by atoms with Gasteiger partial charge in [0, 0.05) is 16.5 Å². The zero-order valence-electron chi connectivity index (χ0n) is 21.1. The van der Waals surface area contributed by atoms with Crippen molar-refractivity contribution in [1.29, 1.82) is 0 Å². The van der Waals surface area contributed by atoms with Crippen LogP contribution < -0.4 is 10.2 Å². The molecule has 3 aromatic carbocycles. The number of thioether (sulfide) groups is 1. The van der Waals surface area contributed by atoms with Crippen LogP contribution in [0.4, 0.5) is 10.1 Å². The van der Waals surface area contributed by atoms with Gasteiger partial charge in [-0.15, -0.1) is 0 Å². The molecule has 3 atom stereocenters. The zero-order valence-corrected chi connectivity index (χ0v) is 21.9. The highest BCUT2D eigenvalue weighted by Gasteiger charge is 2.30. The van der Waals surface area contributed by atoms with Crippen molar-refractivity contribution in [2.24, 2.45) is 11.8 Å². The summed E-state index contributed by atoms with van der Waals surface area (Å²) in [6.07, 6.45) is 5.26. The Balaban J connectivity index is 1.34. The molecule has 1 aliphatic heterocycles. The maximum atomic E-state index is 13.5. The maximum absolute atomic E-state index is 13.5. The highest BCUT2D eigenvalue weighted by molar-refractivity contribution is 8.04. The lowest BCUT2D eigenvalue weighted by atomic mass is 9.78. The lowest BCUT2D eigenvalue weighted by Crippen LogP contribution is -2.43. The van der Waals surface area contributed by atoms with Gasteiger partial charge in [-0.05, 0) is 71.9 Å². The molecule has 1 N–H and O–H groups in total. The molecule has 0 radical (unpaired) electrons. The molecule has 1 fully saturated rings. The van der Waals surface area contributed by atoms with Gasteiger partial charge in [0.25, 0.3) is 11.8 Å². The van der Waals surface area contributed by atoms with Crippen molar-refractivity contribution >= 4 is 35.3 Å². The SMILES string of the molecule is C[C@H]1[C@H](C)CCC[C@@H]1NC(=O)c1ccc(/C=C2\Sc3ccccc3N(Cc3ccc(F)cc3)C2=O)cc1. The van der Waals surface area contributed by atoms with Crippen molar-refractivity contribution in [3.8, 4) is 0 Å². The topological polar surface area (TPSA) is 49.4 Å². The molecular formula is C31H31FN2O2S. The standard InChI is InChI=1S/C31H31FN2O2S/c1-20-6-5-7-26(21(20)2)33-30(35)24-14-10-22(11-15-24)18-29-31(36)34(19-23-12-16-25(32)17-13-23)27-8-3-4-9-28(27)37-29/h3-4,8-18,20-21,26H,5-7,19H2,1-2H3,(H,33,35)/b29-18-/t20-,21+,26+/m1/s1. The first-order valence-electron chi connectivity index (χ1n) is 12.8. The average Bonchev–Trinajstić information content (AvgIpc) is 2.90. The first-order chi connectivity index (χ1) is 17.9. The maximum Gasteiger partial charge on any atom is 0.265 e. The van der Waals surface area contributed by atoms with Crippen LogP contribution in [-0.2, 0) is 11.3 Å². The Morgan fingerprint density at radius 3 is 2.51 bits per heavy atom. The van der Waals surface area contributed by atoms with Gasteiger partial charge in [-0.2, -0.15) is 0 Å². The Bertz CT molecular complexity index is 1320. The van der Waals surface area contributed by atoms with Gasteiger partial charge in [-0.1, -0.05) is 74.8 Å². The first kappa shape index (κ1) is 25.3. The van der Waals surface area contributed by atoms with E-state index in [0.717, 1.165) is 34.6 Å². The molecule has 0 aromatic heterocycles. The molecule has 2 aliphatic rings. The molecule has 1 heterocycles. The highest BCUT2D eigenvalue weighted by Crippen LogP contribution is 2.42. The molecule has 0 spiro atoms. The summed E-state index contributed by atoms with van der Waals surface area (Å²) in [5.41, 5.74) is 3.18. The van der Waals surface area contributed by atoms with Gasteiger partial charge in [0.05, 0.1) is 17.1 Å². The monoisotopic (exact) mass is 514 g/mol. The van der Waals surface area contributed by atoms with Crippen LogP contribution in [0.5, 0.6) is 0 Å². The van der Waals surface area contributed by atoms with Gasteiger partial charge >= 0.3 is 0 Å². The van der Waals surface area contributed by atoms with E-state index < -0.39 is 0 Å². The summed E-state index contributed by atoms with van der Waals surface area (Å²) in [5, 5.41) is 3.22. The minimum atomic E-state index is -0.301. The number of anilines is 1. The summed E-state index contributed by atoms with van der Waals surface area (Å²) in [6.45, 7) is 4.83. The fourth-order valence-corrected chi connectivity index (χ4v) is 6.17. The fraction of sp³-hybridized carbons (Fsp3) is 0.290. The Morgan fingerprint density at radius 2 is 1.76 bits per heavy atom. The molecule has 6 heteroatoms.